The zero-order valence-corrected chi connectivity index (χ0v) is 20.1. The Morgan fingerprint density at radius 1 is 1.00 bits per heavy atom. The molecule has 2 amide bonds. The molecule has 0 aliphatic heterocycles. The number of esters is 1. The third-order valence-electron chi connectivity index (χ3n) is 5.84. The number of anilines is 1. The Bertz CT molecular complexity index is 1270. The van der Waals surface area contributed by atoms with Crippen molar-refractivity contribution in [1.29, 1.82) is 0 Å². The van der Waals surface area contributed by atoms with E-state index in [0.29, 0.717) is 16.3 Å². The number of carbonyl (C=O) groups is 3. The van der Waals surface area contributed by atoms with Crippen LogP contribution in [0.3, 0.4) is 0 Å². The molecule has 1 aromatic heterocycles. The molecule has 0 radical (unpaired) electrons. The fourth-order valence-electron chi connectivity index (χ4n) is 4.20. The van der Waals surface area contributed by atoms with Crippen LogP contribution in [0.25, 0.3) is 10.8 Å². The standard InChI is InChI=1S/C26H27N3O4S/c1-3-33-26(32)22-20-13-5-4-6-15-21(20)34-25(22)27-23(30)24(31)29-28-16(2)18-14-9-11-17-10-7-8-12-19(17)18/h7-12,14H,3-6,13,15H2,1-2H3,(H,27,30)(H,29,31)/b28-16+. The fraction of sp³-hybridized carbons (Fsp3) is 0.308. The van der Waals surface area contributed by atoms with Gasteiger partial charge in [0.2, 0.25) is 0 Å². The third-order valence-corrected chi connectivity index (χ3v) is 7.05. The summed E-state index contributed by atoms with van der Waals surface area (Å²) in [4.78, 5) is 38.9. The lowest BCUT2D eigenvalue weighted by Gasteiger charge is -2.09. The van der Waals surface area contributed by atoms with E-state index in [4.69, 9.17) is 4.74 Å². The van der Waals surface area contributed by atoms with Crippen LogP contribution in [0.4, 0.5) is 5.00 Å². The Balaban J connectivity index is 1.51. The summed E-state index contributed by atoms with van der Waals surface area (Å²) < 4.78 is 5.23. The van der Waals surface area contributed by atoms with Gasteiger partial charge in [0, 0.05) is 10.4 Å². The highest BCUT2D eigenvalue weighted by atomic mass is 32.1. The molecule has 2 aromatic carbocycles. The van der Waals surface area contributed by atoms with E-state index < -0.39 is 17.8 Å². The summed E-state index contributed by atoms with van der Waals surface area (Å²) >= 11 is 1.35. The van der Waals surface area contributed by atoms with Gasteiger partial charge in [0.05, 0.1) is 17.9 Å². The number of carbonyl (C=O) groups excluding carboxylic acids is 3. The lowest BCUT2D eigenvalue weighted by Crippen LogP contribution is -2.33. The molecule has 0 bridgehead atoms. The van der Waals surface area contributed by atoms with Gasteiger partial charge in [0.15, 0.2) is 0 Å². The number of aryl methyl sites for hydroxylation is 1. The monoisotopic (exact) mass is 477 g/mol. The molecule has 3 aromatic rings. The van der Waals surface area contributed by atoms with Crippen LogP contribution in [0, 0.1) is 0 Å². The van der Waals surface area contributed by atoms with Crippen LogP contribution in [0.5, 0.6) is 0 Å². The minimum atomic E-state index is -0.905. The first-order chi connectivity index (χ1) is 16.5. The predicted molar refractivity (Wildman–Crippen MR) is 134 cm³/mol. The van der Waals surface area contributed by atoms with Crippen molar-refractivity contribution in [1.82, 2.24) is 5.43 Å². The van der Waals surface area contributed by atoms with Gasteiger partial charge in [-0.15, -0.1) is 11.3 Å². The van der Waals surface area contributed by atoms with Crippen molar-refractivity contribution in [2.24, 2.45) is 5.10 Å². The topological polar surface area (TPSA) is 96.9 Å². The number of amides is 2. The maximum absolute atomic E-state index is 12.7. The fourth-order valence-corrected chi connectivity index (χ4v) is 5.47. The number of hydrogen-bond donors (Lipinski definition) is 2. The number of nitrogens with zero attached hydrogens (tertiary/aromatic N) is 1. The highest BCUT2D eigenvalue weighted by Gasteiger charge is 2.27. The molecule has 0 saturated carbocycles. The molecular weight excluding hydrogens is 450 g/mol. The second kappa shape index (κ2) is 10.6. The zero-order chi connectivity index (χ0) is 24.1. The Hall–Kier alpha value is -3.52. The molecule has 0 atom stereocenters. The van der Waals surface area contributed by atoms with Gasteiger partial charge in [-0.3, -0.25) is 9.59 Å². The van der Waals surface area contributed by atoms with Crippen LogP contribution in [0.1, 0.15) is 59.5 Å². The number of hydrogen-bond acceptors (Lipinski definition) is 6. The summed E-state index contributed by atoms with van der Waals surface area (Å²) in [5.41, 5.74) is 5.09. The maximum atomic E-state index is 12.7. The molecule has 2 N–H and O–H groups in total. The molecule has 0 saturated heterocycles. The van der Waals surface area contributed by atoms with E-state index in [-0.39, 0.29) is 6.61 Å². The molecular formula is C26H27N3O4S. The number of nitrogens with one attached hydrogen (secondary N) is 2. The van der Waals surface area contributed by atoms with Crippen molar-refractivity contribution in [3.05, 3.63) is 64.0 Å². The van der Waals surface area contributed by atoms with E-state index in [1.54, 1.807) is 13.8 Å². The normalized spacial score (nSPS) is 13.6. The molecule has 7 nitrogen and oxygen atoms in total. The average molecular weight is 478 g/mol. The molecule has 8 heteroatoms. The molecule has 34 heavy (non-hydrogen) atoms. The zero-order valence-electron chi connectivity index (χ0n) is 19.3. The number of fused-ring (bicyclic) bond motifs is 2. The van der Waals surface area contributed by atoms with Crippen molar-refractivity contribution in [2.45, 2.75) is 46.0 Å². The Labute approximate surface area is 202 Å². The van der Waals surface area contributed by atoms with Gasteiger partial charge < -0.3 is 10.1 Å². The van der Waals surface area contributed by atoms with E-state index in [1.807, 2.05) is 42.5 Å². The third kappa shape index (κ3) is 5.02. The number of rotatable bonds is 5. The van der Waals surface area contributed by atoms with E-state index in [1.165, 1.54) is 11.3 Å². The van der Waals surface area contributed by atoms with Gasteiger partial charge in [-0.1, -0.05) is 48.9 Å². The van der Waals surface area contributed by atoms with E-state index >= 15 is 0 Å². The van der Waals surface area contributed by atoms with Gasteiger partial charge >= 0.3 is 17.8 Å². The average Bonchev–Trinajstić information content (AvgIpc) is 3.02. The summed E-state index contributed by atoms with van der Waals surface area (Å²) in [5, 5.41) is 9.18. The summed E-state index contributed by atoms with van der Waals surface area (Å²) in [6.07, 6.45) is 4.72. The van der Waals surface area contributed by atoms with Crippen LogP contribution in [0.15, 0.2) is 47.6 Å². The molecule has 1 aliphatic rings. The Morgan fingerprint density at radius 3 is 2.59 bits per heavy atom. The summed E-state index contributed by atoms with van der Waals surface area (Å²) in [6.45, 7) is 3.75. The van der Waals surface area contributed by atoms with Crippen LogP contribution in [-0.4, -0.2) is 30.1 Å². The highest BCUT2D eigenvalue weighted by molar-refractivity contribution is 7.17. The first kappa shape index (κ1) is 23.6. The summed E-state index contributed by atoms with van der Waals surface area (Å²) in [6, 6.07) is 13.7. The van der Waals surface area contributed by atoms with Crippen molar-refractivity contribution >= 4 is 50.6 Å². The van der Waals surface area contributed by atoms with Gasteiger partial charge in [0.25, 0.3) is 0 Å². The molecule has 0 unspecified atom stereocenters. The minimum Gasteiger partial charge on any atom is -0.462 e. The molecule has 0 fully saturated rings. The van der Waals surface area contributed by atoms with Crippen LogP contribution in [0.2, 0.25) is 0 Å². The number of ether oxygens (including phenoxy) is 1. The Morgan fingerprint density at radius 2 is 1.76 bits per heavy atom. The molecule has 4 rings (SSSR count). The van der Waals surface area contributed by atoms with Crippen molar-refractivity contribution < 1.29 is 19.1 Å². The smallest absolute Gasteiger partial charge is 0.341 e. The van der Waals surface area contributed by atoms with Crippen LogP contribution in [-0.2, 0) is 27.2 Å². The quantitative estimate of drug-likeness (QED) is 0.181. The molecule has 0 spiro atoms. The molecule has 1 aliphatic carbocycles. The first-order valence-corrected chi connectivity index (χ1v) is 12.3. The van der Waals surface area contributed by atoms with Crippen molar-refractivity contribution in [3.8, 4) is 0 Å². The van der Waals surface area contributed by atoms with Crippen LogP contribution >= 0.6 is 11.3 Å². The van der Waals surface area contributed by atoms with Gasteiger partial charge in [0.1, 0.15) is 5.00 Å². The number of benzene rings is 2. The maximum Gasteiger partial charge on any atom is 0.341 e. The van der Waals surface area contributed by atoms with Gasteiger partial charge in [-0.05, 0) is 55.9 Å². The second-order valence-electron chi connectivity index (χ2n) is 8.11. The summed E-state index contributed by atoms with van der Waals surface area (Å²) in [7, 11) is 0. The number of hydrazone groups is 1. The predicted octanol–water partition coefficient (Wildman–Crippen LogP) is 4.83. The van der Waals surface area contributed by atoms with E-state index in [2.05, 4.69) is 15.8 Å². The van der Waals surface area contributed by atoms with Crippen molar-refractivity contribution in [3.63, 3.8) is 0 Å². The highest BCUT2D eigenvalue weighted by Crippen LogP contribution is 2.38. The summed E-state index contributed by atoms with van der Waals surface area (Å²) in [5.74, 6) is -2.25. The SMILES string of the molecule is CCOC(=O)c1c(NC(=O)C(=O)N/N=C(\C)c2cccc3ccccc23)sc2c1CCCCC2. The minimum absolute atomic E-state index is 0.236. The first-order valence-electron chi connectivity index (χ1n) is 11.4. The van der Waals surface area contributed by atoms with Gasteiger partial charge in [-0.25, -0.2) is 10.2 Å². The lowest BCUT2D eigenvalue weighted by atomic mass is 10.0. The molecule has 1 heterocycles. The van der Waals surface area contributed by atoms with Gasteiger partial charge in [-0.2, -0.15) is 5.10 Å². The largest absolute Gasteiger partial charge is 0.462 e. The van der Waals surface area contributed by atoms with Crippen molar-refractivity contribution in [2.75, 3.05) is 11.9 Å². The van der Waals surface area contributed by atoms with E-state index in [0.717, 1.165) is 58.9 Å². The lowest BCUT2D eigenvalue weighted by molar-refractivity contribution is -0.136. The second-order valence-corrected chi connectivity index (χ2v) is 9.21. The Kier molecular flexibility index (Phi) is 7.37. The number of thiophene rings is 1. The molecule has 176 valence electrons. The van der Waals surface area contributed by atoms with Crippen LogP contribution < -0.4 is 10.7 Å². The van der Waals surface area contributed by atoms with E-state index in [9.17, 15) is 14.4 Å².